The minimum Gasteiger partial charge on any atom is -0.372 e. The average Bonchev–Trinajstić information content (AvgIpc) is 2.92. The normalized spacial score (nSPS) is 23.2. The third kappa shape index (κ3) is 1.41. The summed E-state index contributed by atoms with van der Waals surface area (Å²) in [6, 6.07) is 10.4. The maximum absolute atomic E-state index is 5.24. The highest BCUT2D eigenvalue weighted by atomic mass is 16.6. The monoisotopic (exact) mass is 160 g/mol. The van der Waals surface area contributed by atoms with E-state index in [1.165, 1.54) is 5.56 Å². The van der Waals surface area contributed by atoms with Gasteiger partial charge in [0, 0.05) is 5.92 Å². The van der Waals surface area contributed by atoms with Crippen molar-refractivity contribution in [3.63, 3.8) is 0 Å². The molecule has 2 unspecified atom stereocenters. The lowest BCUT2D eigenvalue weighted by Crippen LogP contribution is -2.01. The van der Waals surface area contributed by atoms with Crippen molar-refractivity contribution in [1.82, 2.24) is 0 Å². The van der Waals surface area contributed by atoms with Gasteiger partial charge in [0.25, 0.3) is 0 Å². The van der Waals surface area contributed by atoms with Crippen LogP contribution in [0.15, 0.2) is 43.0 Å². The summed E-state index contributed by atoms with van der Waals surface area (Å²) < 4.78 is 5.24. The van der Waals surface area contributed by atoms with Crippen LogP contribution in [0.1, 0.15) is 11.5 Å². The van der Waals surface area contributed by atoms with E-state index in [1.54, 1.807) is 0 Å². The molecule has 1 fully saturated rings. The van der Waals surface area contributed by atoms with Crippen LogP contribution in [-0.4, -0.2) is 12.7 Å². The molecule has 2 atom stereocenters. The largest absolute Gasteiger partial charge is 0.372 e. The average molecular weight is 160 g/mol. The molecule has 0 N–H and O–H groups in total. The van der Waals surface area contributed by atoms with Crippen LogP contribution in [0.4, 0.5) is 0 Å². The van der Waals surface area contributed by atoms with Crippen LogP contribution in [-0.2, 0) is 4.74 Å². The van der Waals surface area contributed by atoms with E-state index in [0.29, 0.717) is 12.0 Å². The van der Waals surface area contributed by atoms with E-state index in [9.17, 15) is 0 Å². The Morgan fingerprint density at radius 2 is 2.08 bits per heavy atom. The molecule has 12 heavy (non-hydrogen) atoms. The van der Waals surface area contributed by atoms with Crippen LogP contribution < -0.4 is 0 Å². The fraction of sp³-hybridized carbons (Fsp3) is 0.273. The first kappa shape index (κ1) is 7.56. The van der Waals surface area contributed by atoms with Gasteiger partial charge in [0.15, 0.2) is 0 Å². The Labute approximate surface area is 72.7 Å². The van der Waals surface area contributed by atoms with E-state index >= 15 is 0 Å². The quantitative estimate of drug-likeness (QED) is 0.488. The minimum absolute atomic E-state index is 0.380. The van der Waals surface area contributed by atoms with Gasteiger partial charge in [-0.05, 0) is 5.56 Å². The molecule has 1 nitrogen and oxygen atoms in total. The van der Waals surface area contributed by atoms with Crippen LogP contribution in [0, 0.1) is 0 Å². The predicted molar refractivity (Wildman–Crippen MR) is 49.1 cm³/mol. The topological polar surface area (TPSA) is 12.5 Å². The summed E-state index contributed by atoms with van der Waals surface area (Å²) in [6.45, 7) is 4.70. The summed E-state index contributed by atoms with van der Waals surface area (Å²) in [4.78, 5) is 0. The minimum atomic E-state index is 0.380. The van der Waals surface area contributed by atoms with Crippen molar-refractivity contribution in [2.45, 2.75) is 12.0 Å². The van der Waals surface area contributed by atoms with Crippen LogP contribution >= 0.6 is 0 Å². The van der Waals surface area contributed by atoms with E-state index in [4.69, 9.17) is 4.74 Å². The zero-order valence-corrected chi connectivity index (χ0v) is 6.94. The smallest absolute Gasteiger partial charge is 0.0912 e. The molecule has 1 heterocycles. The SMILES string of the molecule is C=CC(c1ccccc1)C1CO1. The van der Waals surface area contributed by atoms with Crippen molar-refractivity contribution in [1.29, 1.82) is 0 Å². The van der Waals surface area contributed by atoms with Gasteiger partial charge in [-0.1, -0.05) is 36.4 Å². The Hall–Kier alpha value is -1.08. The number of benzene rings is 1. The number of hydrogen-bond donors (Lipinski definition) is 0. The highest BCUT2D eigenvalue weighted by molar-refractivity contribution is 5.25. The lowest BCUT2D eigenvalue weighted by molar-refractivity contribution is 0.393. The number of epoxide rings is 1. The van der Waals surface area contributed by atoms with E-state index < -0.39 is 0 Å². The molecule has 1 aliphatic rings. The third-order valence-corrected chi connectivity index (χ3v) is 2.20. The van der Waals surface area contributed by atoms with Crippen molar-refractivity contribution in [3.05, 3.63) is 48.6 Å². The van der Waals surface area contributed by atoms with Crippen LogP contribution in [0.25, 0.3) is 0 Å². The second-order valence-corrected chi connectivity index (χ2v) is 3.04. The first-order valence-corrected chi connectivity index (χ1v) is 4.21. The van der Waals surface area contributed by atoms with Crippen molar-refractivity contribution in [3.8, 4) is 0 Å². The Kier molecular flexibility index (Phi) is 1.96. The summed E-state index contributed by atoms with van der Waals surface area (Å²) >= 11 is 0. The zero-order chi connectivity index (χ0) is 8.39. The van der Waals surface area contributed by atoms with Gasteiger partial charge in [-0.15, -0.1) is 6.58 Å². The number of ether oxygens (including phenoxy) is 1. The highest BCUT2D eigenvalue weighted by Crippen LogP contribution is 2.30. The second kappa shape index (κ2) is 3.11. The van der Waals surface area contributed by atoms with Crippen molar-refractivity contribution >= 4 is 0 Å². The molecule has 0 aliphatic carbocycles. The molecule has 1 aliphatic heterocycles. The van der Waals surface area contributed by atoms with Crippen molar-refractivity contribution in [2.24, 2.45) is 0 Å². The molecule has 0 spiro atoms. The zero-order valence-electron chi connectivity index (χ0n) is 6.94. The number of rotatable bonds is 3. The van der Waals surface area contributed by atoms with Gasteiger partial charge in [0.1, 0.15) is 0 Å². The molecular weight excluding hydrogens is 148 g/mol. The summed E-state index contributed by atoms with van der Waals surface area (Å²) in [5, 5.41) is 0. The summed E-state index contributed by atoms with van der Waals surface area (Å²) in [6.07, 6.45) is 2.34. The highest BCUT2D eigenvalue weighted by Gasteiger charge is 2.31. The van der Waals surface area contributed by atoms with E-state index in [2.05, 4.69) is 18.7 Å². The molecule has 0 radical (unpaired) electrons. The first-order chi connectivity index (χ1) is 5.92. The van der Waals surface area contributed by atoms with Gasteiger partial charge in [-0.3, -0.25) is 0 Å². The summed E-state index contributed by atoms with van der Waals surface area (Å²) in [7, 11) is 0. The molecule has 0 bridgehead atoms. The standard InChI is InChI=1S/C11H12O/c1-2-10(11-8-12-11)9-6-4-3-5-7-9/h2-7,10-11H,1,8H2. The molecule has 0 amide bonds. The molecule has 0 saturated carbocycles. The molecule has 2 rings (SSSR count). The van der Waals surface area contributed by atoms with Crippen LogP contribution in [0.5, 0.6) is 0 Å². The van der Waals surface area contributed by atoms with E-state index in [-0.39, 0.29) is 0 Å². The third-order valence-electron chi connectivity index (χ3n) is 2.20. The second-order valence-electron chi connectivity index (χ2n) is 3.04. The van der Waals surface area contributed by atoms with Crippen molar-refractivity contribution in [2.75, 3.05) is 6.61 Å². The van der Waals surface area contributed by atoms with Crippen LogP contribution in [0.3, 0.4) is 0 Å². The Morgan fingerprint density at radius 1 is 1.42 bits per heavy atom. The first-order valence-electron chi connectivity index (χ1n) is 4.21. The summed E-state index contributed by atoms with van der Waals surface area (Å²) in [5.41, 5.74) is 1.30. The molecule has 1 saturated heterocycles. The van der Waals surface area contributed by atoms with Gasteiger partial charge in [0.2, 0.25) is 0 Å². The molecular formula is C11H12O. The van der Waals surface area contributed by atoms with Gasteiger partial charge in [-0.25, -0.2) is 0 Å². The fourth-order valence-electron chi connectivity index (χ4n) is 1.44. The van der Waals surface area contributed by atoms with Crippen LogP contribution in [0.2, 0.25) is 0 Å². The molecule has 0 aromatic heterocycles. The lowest BCUT2D eigenvalue weighted by Gasteiger charge is -2.08. The van der Waals surface area contributed by atoms with Gasteiger partial charge in [0.05, 0.1) is 12.7 Å². The van der Waals surface area contributed by atoms with E-state index in [1.807, 2.05) is 24.3 Å². The molecule has 1 aromatic carbocycles. The fourth-order valence-corrected chi connectivity index (χ4v) is 1.44. The predicted octanol–water partition coefficient (Wildman–Crippen LogP) is 2.36. The van der Waals surface area contributed by atoms with Crippen molar-refractivity contribution < 1.29 is 4.74 Å². The Morgan fingerprint density at radius 3 is 2.58 bits per heavy atom. The van der Waals surface area contributed by atoms with Gasteiger partial charge < -0.3 is 4.74 Å². The lowest BCUT2D eigenvalue weighted by atomic mass is 9.96. The maximum atomic E-state index is 5.24. The number of hydrogen-bond acceptors (Lipinski definition) is 1. The molecule has 1 heteroatoms. The maximum Gasteiger partial charge on any atom is 0.0912 e. The molecule has 1 aromatic rings. The molecule has 62 valence electrons. The Bertz CT molecular complexity index is 262. The van der Waals surface area contributed by atoms with E-state index in [0.717, 1.165) is 6.61 Å². The summed E-state index contributed by atoms with van der Waals surface area (Å²) in [5.74, 6) is 0.381. The van der Waals surface area contributed by atoms with Gasteiger partial charge >= 0.3 is 0 Å². The Balaban J connectivity index is 2.21. The van der Waals surface area contributed by atoms with Gasteiger partial charge in [-0.2, -0.15) is 0 Å².